The number of amides is 1. The van der Waals surface area contributed by atoms with Crippen LogP contribution in [0.3, 0.4) is 0 Å². The fraction of sp³-hybridized carbons (Fsp3) is 0.222. The Kier molecular flexibility index (Phi) is 8.78. The highest BCUT2D eigenvalue weighted by Gasteiger charge is 2.08. The minimum Gasteiger partial charge on any atom is -0.481 e. The van der Waals surface area contributed by atoms with E-state index in [1.54, 1.807) is 12.3 Å². The Balaban J connectivity index is 1.69. The Labute approximate surface area is 200 Å². The molecule has 7 heteroatoms. The number of rotatable bonds is 10. The van der Waals surface area contributed by atoms with E-state index in [-0.39, 0.29) is 12.5 Å². The lowest BCUT2D eigenvalue weighted by Gasteiger charge is -2.11. The number of hydrogen-bond acceptors (Lipinski definition) is 6. The van der Waals surface area contributed by atoms with E-state index in [4.69, 9.17) is 16.1 Å². The summed E-state index contributed by atoms with van der Waals surface area (Å²) in [6.07, 6.45) is 11.0. The van der Waals surface area contributed by atoms with Crippen LogP contribution in [-0.4, -0.2) is 48.0 Å². The van der Waals surface area contributed by atoms with Gasteiger partial charge in [0.2, 0.25) is 11.9 Å². The zero-order chi connectivity index (χ0) is 24.3. The normalized spacial score (nSPS) is 10.8. The molecule has 174 valence electrons. The van der Waals surface area contributed by atoms with E-state index >= 15 is 0 Å². The average Bonchev–Trinajstić information content (AvgIpc) is 2.80. The molecular weight excluding hydrogens is 426 g/mol. The smallest absolute Gasteiger partial charge is 0.248 e. The summed E-state index contributed by atoms with van der Waals surface area (Å²) in [4.78, 5) is 23.2. The van der Waals surface area contributed by atoms with Crippen LogP contribution in [0.25, 0.3) is 0 Å². The topological polar surface area (TPSA) is 79.4 Å². The molecule has 1 aromatic heterocycles. The molecule has 0 aliphatic rings. The third-order valence-corrected chi connectivity index (χ3v) is 4.79. The summed E-state index contributed by atoms with van der Waals surface area (Å²) in [5, 5.41) is 6.12. The Morgan fingerprint density at radius 1 is 1.18 bits per heavy atom. The van der Waals surface area contributed by atoms with Crippen LogP contribution in [0.15, 0.2) is 66.9 Å². The fourth-order valence-corrected chi connectivity index (χ4v) is 3.14. The van der Waals surface area contributed by atoms with Crippen LogP contribution in [0.5, 0.6) is 5.75 Å². The lowest BCUT2D eigenvalue weighted by Crippen LogP contribution is -2.13. The van der Waals surface area contributed by atoms with Gasteiger partial charge in [-0.05, 0) is 56.4 Å². The molecule has 0 saturated heterocycles. The van der Waals surface area contributed by atoms with Crippen molar-refractivity contribution in [3.63, 3.8) is 0 Å². The van der Waals surface area contributed by atoms with Gasteiger partial charge < -0.3 is 20.3 Å². The molecule has 0 aliphatic carbocycles. The molecule has 1 heterocycles. The number of terminal acetylenes is 1. The number of ether oxygens (including phenoxy) is 1. The van der Waals surface area contributed by atoms with Crippen LogP contribution >= 0.6 is 0 Å². The van der Waals surface area contributed by atoms with Gasteiger partial charge in [0.1, 0.15) is 12.4 Å². The second-order valence-electron chi connectivity index (χ2n) is 8.00. The van der Waals surface area contributed by atoms with Gasteiger partial charge in [-0.15, -0.1) is 6.42 Å². The van der Waals surface area contributed by atoms with Crippen LogP contribution in [0.2, 0.25) is 0 Å². The van der Waals surface area contributed by atoms with E-state index < -0.39 is 0 Å². The van der Waals surface area contributed by atoms with Crippen LogP contribution in [-0.2, 0) is 11.2 Å². The van der Waals surface area contributed by atoms with Crippen molar-refractivity contribution < 1.29 is 9.53 Å². The van der Waals surface area contributed by atoms with Gasteiger partial charge in [0, 0.05) is 42.7 Å². The van der Waals surface area contributed by atoms with Crippen molar-refractivity contribution >= 4 is 23.2 Å². The summed E-state index contributed by atoms with van der Waals surface area (Å²) >= 11 is 0. The van der Waals surface area contributed by atoms with Gasteiger partial charge >= 0.3 is 0 Å². The molecule has 0 aliphatic heterocycles. The zero-order valence-corrected chi connectivity index (χ0v) is 19.7. The number of carbonyl (C=O) groups is 1. The molecular formula is C27H29N5O2. The van der Waals surface area contributed by atoms with Gasteiger partial charge in [-0.25, -0.2) is 9.97 Å². The second kappa shape index (κ2) is 12.2. The summed E-state index contributed by atoms with van der Waals surface area (Å²) in [5.41, 5.74) is 4.46. The van der Waals surface area contributed by atoms with Gasteiger partial charge in [0.05, 0.1) is 5.69 Å². The number of nitrogens with one attached hydrogen (secondary N) is 2. The van der Waals surface area contributed by atoms with E-state index in [0.29, 0.717) is 24.7 Å². The molecule has 7 nitrogen and oxygen atoms in total. The van der Waals surface area contributed by atoms with E-state index in [9.17, 15) is 4.79 Å². The SMILES string of the molecule is C#CCOc1cccc(Nc2ncc(C)c(Cc3cccc(NC(=O)/C=C/CN(C)C)c3)n2)c1. The van der Waals surface area contributed by atoms with Crippen molar-refractivity contribution in [3.8, 4) is 18.1 Å². The Morgan fingerprint density at radius 2 is 1.97 bits per heavy atom. The van der Waals surface area contributed by atoms with Gasteiger partial charge in [-0.1, -0.05) is 30.2 Å². The molecule has 0 radical (unpaired) electrons. The first-order valence-corrected chi connectivity index (χ1v) is 10.9. The molecule has 0 spiro atoms. The Morgan fingerprint density at radius 3 is 2.76 bits per heavy atom. The standard InChI is InChI=1S/C27H29N5O2/c1-5-15-34-24-12-7-11-23(18-24)30-27-28-19-20(2)25(31-27)17-21-9-6-10-22(16-21)29-26(33)13-8-14-32(3)4/h1,6-13,16,18-19H,14-15,17H2,2-4H3,(H,29,33)(H,28,30,31)/b13-8+. The molecule has 34 heavy (non-hydrogen) atoms. The Hall–Kier alpha value is -4.15. The second-order valence-corrected chi connectivity index (χ2v) is 8.00. The number of benzene rings is 2. The number of hydrogen-bond donors (Lipinski definition) is 2. The van der Waals surface area contributed by atoms with E-state index in [0.717, 1.165) is 28.2 Å². The number of nitrogens with zero attached hydrogens (tertiary/aromatic N) is 3. The zero-order valence-electron chi connectivity index (χ0n) is 19.7. The first-order chi connectivity index (χ1) is 16.4. The van der Waals surface area contributed by atoms with Crippen LogP contribution in [0.4, 0.5) is 17.3 Å². The molecule has 2 N–H and O–H groups in total. The lowest BCUT2D eigenvalue weighted by molar-refractivity contribution is -0.111. The number of aryl methyl sites for hydroxylation is 1. The summed E-state index contributed by atoms with van der Waals surface area (Å²) in [5.74, 6) is 3.46. The van der Waals surface area contributed by atoms with Crippen molar-refractivity contribution in [2.75, 3.05) is 37.9 Å². The monoisotopic (exact) mass is 455 g/mol. The lowest BCUT2D eigenvalue weighted by atomic mass is 10.1. The number of anilines is 3. The molecule has 0 unspecified atom stereocenters. The third-order valence-electron chi connectivity index (χ3n) is 4.79. The van der Waals surface area contributed by atoms with Crippen LogP contribution in [0.1, 0.15) is 16.8 Å². The summed E-state index contributed by atoms with van der Waals surface area (Å²) < 4.78 is 5.47. The molecule has 0 fully saturated rings. The summed E-state index contributed by atoms with van der Waals surface area (Å²) in [6, 6.07) is 15.2. The number of aromatic nitrogens is 2. The minimum atomic E-state index is -0.155. The highest BCUT2D eigenvalue weighted by molar-refractivity contribution is 5.99. The average molecular weight is 456 g/mol. The first-order valence-electron chi connectivity index (χ1n) is 10.9. The van der Waals surface area contributed by atoms with Crippen molar-refractivity contribution in [2.45, 2.75) is 13.3 Å². The fourth-order valence-electron chi connectivity index (χ4n) is 3.14. The third kappa shape index (κ3) is 7.76. The quantitative estimate of drug-likeness (QED) is 0.353. The van der Waals surface area contributed by atoms with E-state index in [1.807, 2.05) is 80.5 Å². The largest absolute Gasteiger partial charge is 0.481 e. The Bertz CT molecular complexity index is 1200. The van der Waals surface area contributed by atoms with E-state index in [2.05, 4.69) is 21.5 Å². The van der Waals surface area contributed by atoms with Crippen LogP contribution in [0, 0.1) is 19.3 Å². The number of likely N-dealkylation sites (N-methyl/N-ethyl adjacent to an activating group) is 1. The maximum absolute atomic E-state index is 12.2. The van der Waals surface area contributed by atoms with Gasteiger partial charge in [-0.3, -0.25) is 4.79 Å². The predicted octanol–water partition coefficient (Wildman–Crippen LogP) is 4.19. The molecule has 0 atom stereocenters. The van der Waals surface area contributed by atoms with Crippen molar-refractivity contribution in [1.82, 2.24) is 14.9 Å². The molecule has 0 saturated carbocycles. The molecule has 3 rings (SSSR count). The van der Waals surface area contributed by atoms with Gasteiger partial charge in [-0.2, -0.15) is 0 Å². The minimum absolute atomic E-state index is 0.155. The highest BCUT2D eigenvalue weighted by atomic mass is 16.5. The van der Waals surface area contributed by atoms with Crippen LogP contribution < -0.4 is 15.4 Å². The molecule has 3 aromatic rings. The molecule has 2 aromatic carbocycles. The molecule has 0 bridgehead atoms. The molecule has 1 amide bonds. The highest BCUT2D eigenvalue weighted by Crippen LogP contribution is 2.21. The maximum atomic E-state index is 12.2. The first kappa shape index (κ1) is 24.5. The van der Waals surface area contributed by atoms with Crippen molar-refractivity contribution in [2.24, 2.45) is 0 Å². The predicted molar refractivity (Wildman–Crippen MR) is 136 cm³/mol. The van der Waals surface area contributed by atoms with Gasteiger partial charge in [0.15, 0.2) is 0 Å². The van der Waals surface area contributed by atoms with E-state index in [1.165, 1.54) is 0 Å². The maximum Gasteiger partial charge on any atom is 0.248 e. The van der Waals surface area contributed by atoms with Gasteiger partial charge in [0.25, 0.3) is 0 Å². The number of carbonyl (C=O) groups excluding carboxylic acids is 1. The summed E-state index contributed by atoms with van der Waals surface area (Å²) in [6.45, 7) is 2.90. The van der Waals surface area contributed by atoms with Crippen molar-refractivity contribution in [3.05, 3.63) is 83.7 Å². The van der Waals surface area contributed by atoms with Crippen molar-refractivity contribution in [1.29, 1.82) is 0 Å². The summed E-state index contributed by atoms with van der Waals surface area (Å²) in [7, 11) is 3.91.